The van der Waals surface area contributed by atoms with Gasteiger partial charge in [-0.25, -0.2) is 4.39 Å². The van der Waals surface area contributed by atoms with Crippen molar-refractivity contribution in [3.05, 3.63) is 34.6 Å². The molecule has 1 aliphatic heterocycles. The van der Waals surface area contributed by atoms with E-state index >= 15 is 0 Å². The predicted molar refractivity (Wildman–Crippen MR) is 72.9 cm³/mol. The SMILES string of the molecule is Fc1cccc(Cl)c1C[NH2+]CCC[NH+]1CCOCC1. The van der Waals surface area contributed by atoms with Gasteiger partial charge in [-0.1, -0.05) is 17.7 Å². The Morgan fingerprint density at radius 2 is 2.11 bits per heavy atom. The summed E-state index contributed by atoms with van der Waals surface area (Å²) < 4.78 is 18.9. The number of rotatable bonds is 6. The van der Waals surface area contributed by atoms with Crippen LogP contribution in [-0.4, -0.2) is 39.4 Å². The van der Waals surface area contributed by atoms with E-state index in [1.165, 1.54) is 12.6 Å². The van der Waals surface area contributed by atoms with Crippen LogP contribution in [0.2, 0.25) is 5.02 Å². The lowest BCUT2D eigenvalue weighted by atomic mass is 10.2. The van der Waals surface area contributed by atoms with E-state index in [2.05, 4.69) is 5.32 Å². The maximum absolute atomic E-state index is 13.5. The average Bonchev–Trinajstić information content (AvgIpc) is 2.42. The second-order valence-corrected chi connectivity index (χ2v) is 5.35. The molecule has 0 bridgehead atoms. The molecular formula is C14H22ClFN2O+2. The Bertz CT molecular complexity index is 377. The Morgan fingerprint density at radius 1 is 1.32 bits per heavy atom. The highest BCUT2D eigenvalue weighted by molar-refractivity contribution is 6.31. The van der Waals surface area contributed by atoms with Crippen molar-refractivity contribution in [3.8, 4) is 0 Å². The highest BCUT2D eigenvalue weighted by atomic mass is 35.5. The molecule has 0 radical (unpaired) electrons. The molecule has 1 saturated heterocycles. The summed E-state index contributed by atoms with van der Waals surface area (Å²) in [6.45, 7) is 6.77. The Balaban J connectivity index is 1.63. The molecule has 0 aromatic heterocycles. The normalized spacial score (nSPS) is 16.7. The zero-order valence-corrected chi connectivity index (χ0v) is 11.9. The van der Waals surface area contributed by atoms with Crippen molar-refractivity contribution in [2.75, 3.05) is 39.4 Å². The molecule has 3 nitrogen and oxygen atoms in total. The summed E-state index contributed by atoms with van der Waals surface area (Å²) in [4.78, 5) is 1.61. The highest BCUT2D eigenvalue weighted by Crippen LogP contribution is 2.17. The van der Waals surface area contributed by atoms with Gasteiger partial charge < -0.3 is 15.0 Å². The summed E-state index contributed by atoms with van der Waals surface area (Å²) >= 11 is 5.99. The fourth-order valence-corrected chi connectivity index (χ4v) is 2.62. The number of ether oxygens (including phenoxy) is 1. The van der Waals surface area contributed by atoms with Crippen LogP contribution in [0, 0.1) is 5.82 Å². The minimum atomic E-state index is -0.206. The zero-order valence-electron chi connectivity index (χ0n) is 11.1. The van der Waals surface area contributed by atoms with E-state index in [0.29, 0.717) is 17.1 Å². The second-order valence-electron chi connectivity index (χ2n) is 4.95. The Morgan fingerprint density at radius 3 is 2.84 bits per heavy atom. The largest absolute Gasteiger partial charge is 0.370 e. The maximum atomic E-state index is 13.5. The molecule has 0 saturated carbocycles. The topological polar surface area (TPSA) is 30.3 Å². The molecule has 106 valence electrons. The minimum absolute atomic E-state index is 0.206. The molecule has 1 fully saturated rings. The fraction of sp³-hybridized carbons (Fsp3) is 0.571. The van der Waals surface area contributed by atoms with E-state index in [1.54, 1.807) is 17.0 Å². The van der Waals surface area contributed by atoms with Crippen molar-refractivity contribution in [2.45, 2.75) is 13.0 Å². The first-order valence-electron chi connectivity index (χ1n) is 6.93. The third-order valence-electron chi connectivity index (χ3n) is 3.55. The number of halogens is 2. The molecule has 2 rings (SSSR count). The van der Waals surface area contributed by atoms with Crippen molar-refractivity contribution in [1.82, 2.24) is 0 Å². The van der Waals surface area contributed by atoms with Crippen LogP contribution in [0.25, 0.3) is 0 Å². The van der Waals surface area contributed by atoms with Gasteiger partial charge in [0.2, 0.25) is 0 Å². The predicted octanol–water partition coefficient (Wildman–Crippen LogP) is -0.152. The van der Waals surface area contributed by atoms with Gasteiger partial charge in [0.1, 0.15) is 25.5 Å². The van der Waals surface area contributed by atoms with Crippen molar-refractivity contribution in [1.29, 1.82) is 0 Å². The molecule has 1 aromatic carbocycles. The second kappa shape index (κ2) is 7.80. The number of benzene rings is 1. The van der Waals surface area contributed by atoms with E-state index in [9.17, 15) is 4.39 Å². The summed E-state index contributed by atoms with van der Waals surface area (Å²) in [7, 11) is 0. The molecule has 3 N–H and O–H groups in total. The lowest BCUT2D eigenvalue weighted by molar-refractivity contribution is -0.909. The monoisotopic (exact) mass is 288 g/mol. The number of hydrogen-bond acceptors (Lipinski definition) is 1. The molecule has 19 heavy (non-hydrogen) atoms. The van der Waals surface area contributed by atoms with E-state index in [0.717, 1.165) is 39.3 Å². The fourth-order valence-electron chi connectivity index (χ4n) is 2.38. The first-order chi connectivity index (χ1) is 9.27. The van der Waals surface area contributed by atoms with Crippen molar-refractivity contribution in [3.63, 3.8) is 0 Å². The summed E-state index contributed by atoms with van der Waals surface area (Å²) in [5.41, 5.74) is 0.614. The third kappa shape index (κ3) is 4.73. The van der Waals surface area contributed by atoms with Crippen LogP contribution in [0.1, 0.15) is 12.0 Å². The van der Waals surface area contributed by atoms with Gasteiger partial charge >= 0.3 is 0 Å². The minimum Gasteiger partial charge on any atom is -0.370 e. The van der Waals surface area contributed by atoms with Gasteiger partial charge in [-0.15, -0.1) is 0 Å². The highest BCUT2D eigenvalue weighted by Gasteiger charge is 2.13. The first kappa shape index (κ1) is 14.7. The number of nitrogens with one attached hydrogen (secondary N) is 1. The molecule has 0 spiro atoms. The Kier molecular flexibility index (Phi) is 6.04. The summed E-state index contributed by atoms with van der Waals surface area (Å²) in [5.74, 6) is -0.206. The molecule has 0 amide bonds. The Hall–Kier alpha value is -0.680. The molecule has 1 aliphatic rings. The van der Waals surface area contributed by atoms with Crippen molar-refractivity contribution in [2.24, 2.45) is 0 Å². The smallest absolute Gasteiger partial charge is 0.133 e. The van der Waals surface area contributed by atoms with Crippen molar-refractivity contribution >= 4 is 11.6 Å². The average molecular weight is 289 g/mol. The lowest BCUT2D eigenvalue weighted by Gasteiger charge is -2.23. The standard InChI is InChI=1S/C14H20ClFN2O/c15-13-3-1-4-14(16)12(13)11-17-5-2-6-18-7-9-19-10-8-18/h1,3-4,17H,2,5-11H2/p+2. The van der Waals surface area contributed by atoms with E-state index in [-0.39, 0.29) is 5.82 Å². The summed E-state index contributed by atoms with van der Waals surface area (Å²) in [6.07, 6.45) is 1.14. The summed E-state index contributed by atoms with van der Waals surface area (Å²) in [6, 6.07) is 4.85. The van der Waals surface area contributed by atoms with Gasteiger partial charge in [-0.05, 0) is 12.1 Å². The van der Waals surface area contributed by atoms with Gasteiger partial charge in [0.15, 0.2) is 0 Å². The zero-order chi connectivity index (χ0) is 13.5. The van der Waals surface area contributed by atoms with Gasteiger partial charge in [0.25, 0.3) is 0 Å². The molecule has 0 unspecified atom stereocenters. The number of quaternary nitrogens is 2. The van der Waals surface area contributed by atoms with Crippen LogP contribution < -0.4 is 10.2 Å². The Labute approximate surface area is 118 Å². The van der Waals surface area contributed by atoms with E-state index < -0.39 is 0 Å². The number of nitrogens with two attached hydrogens (primary N) is 1. The maximum Gasteiger partial charge on any atom is 0.133 e. The lowest BCUT2D eigenvalue weighted by Crippen LogP contribution is -3.14. The van der Waals surface area contributed by atoms with Crippen LogP contribution in [0.4, 0.5) is 4.39 Å². The first-order valence-corrected chi connectivity index (χ1v) is 7.31. The number of morpholine rings is 1. The summed E-state index contributed by atoms with van der Waals surface area (Å²) in [5, 5.41) is 2.65. The van der Waals surface area contributed by atoms with Crippen LogP contribution in [0.3, 0.4) is 0 Å². The van der Waals surface area contributed by atoms with Crippen LogP contribution in [0.5, 0.6) is 0 Å². The van der Waals surface area contributed by atoms with Crippen LogP contribution >= 0.6 is 11.6 Å². The molecule has 1 aromatic rings. The molecule has 5 heteroatoms. The van der Waals surface area contributed by atoms with Gasteiger partial charge in [-0.3, -0.25) is 0 Å². The van der Waals surface area contributed by atoms with Crippen LogP contribution in [0.15, 0.2) is 18.2 Å². The van der Waals surface area contributed by atoms with Gasteiger partial charge in [0, 0.05) is 6.42 Å². The van der Waals surface area contributed by atoms with Crippen molar-refractivity contribution < 1.29 is 19.3 Å². The van der Waals surface area contributed by atoms with Crippen LogP contribution in [-0.2, 0) is 11.3 Å². The quantitative estimate of drug-likeness (QED) is 0.701. The number of hydrogen-bond donors (Lipinski definition) is 2. The van der Waals surface area contributed by atoms with E-state index in [4.69, 9.17) is 16.3 Å². The molecular weight excluding hydrogens is 267 g/mol. The molecule has 0 aliphatic carbocycles. The third-order valence-corrected chi connectivity index (χ3v) is 3.90. The molecule has 1 heterocycles. The van der Waals surface area contributed by atoms with E-state index in [1.807, 2.05) is 0 Å². The van der Waals surface area contributed by atoms with Gasteiger partial charge in [-0.2, -0.15) is 0 Å². The van der Waals surface area contributed by atoms with Gasteiger partial charge in [0.05, 0.1) is 36.9 Å². The molecule has 0 atom stereocenters.